The van der Waals surface area contributed by atoms with Gasteiger partial charge in [-0.25, -0.2) is 4.79 Å². The van der Waals surface area contributed by atoms with Gasteiger partial charge in [-0.05, 0) is 62.1 Å². The number of carboxylic acids is 1. The highest BCUT2D eigenvalue weighted by Gasteiger charge is 2.09. The summed E-state index contributed by atoms with van der Waals surface area (Å²) in [6.07, 6.45) is 7.72. The third-order valence-corrected chi connectivity index (χ3v) is 7.30. The number of halogens is 2. The molecule has 0 spiro atoms. The van der Waals surface area contributed by atoms with E-state index in [1.54, 1.807) is 25.3 Å². The van der Waals surface area contributed by atoms with Crippen LogP contribution in [0.25, 0.3) is 21.0 Å². The van der Waals surface area contributed by atoms with Crippen LogP contribution >= 0.6 is 43.2 Å². The number of hydrogen-bond acceptors (Lipinski definition) is 7. The number of nitrogens with two attached hydrogens (primary N) is 3. The number of H-pyrrole nitrogens is 1. The van der Waals surface area contributed by atoms with E-state index in [1.807, 2.05) is 49.4 Å². The molecule has 0 bridgehead atoms. The lowest BCUT2D eigenvalue weighted by Crippen LogP contribution is -2.18. The minimum absolute atomic E-state index is 0.0913. The molecule has 39 heavy (non-hydrogen) atoms. The Morgan fingerprint density at radius 1 is 1.15 bits per heavy atom. The Bertz CT molecular complexity index is 1450. The van der Waals surface area contributed by atoms with E-state index in [0.29, 0.717) is 16.6 Å². The number of ketones is 1. The van der Waals surface area contributed by atoms with Crippen LogP contribution in [0.5, 0.6) is 0 Å². The van der Waals surface area contributed by atoms with E-state index in [1.165, 1.54) is 17.5 Å². The second-order valence-electron chi connectivity index (χ2n) is 8.34. The third kappa shape index (κ3) is 10.6. The molecule has 1 aliphatic rings. The maximum Gasteiger partial charge on any atom is 0.345 e. The number of aromatic nitrogens is 1. The van der Waals surface area contributed by atoms with Crippen molar-refractivity contribution in [1.82, 2.24) is 4.98 Å². The van der Waals surface area contributed by atoms with E-state index in [2.05, 4.69) is 36.8 Å². The lowest BCUT2D eigenvalue weighted by molar-refractivity contribution is 0.0702. The number of ether oxygens (including phenoxy) is 1. The van der Waals surface area contributed by atoms with Gasteiger partial charge in [0, 0.05) is 60.9 Å². The standard InChI is InChI=1S/C10H8BrNO.C9H5BrO2S.C5H10N2.C4H9NO/c1-6(13)9-5-12-10-4-7(11)2-3-8(9)10;10-6-2-1-5-3-8(9(11)12)13-7(5)4-6;1-2-3-5(7)4-6;5-4-1-2-6-3-4/h2-5,12H,1H3;1-4H,(H,11,12);2-4H,6-7H2,1H3;4H,1-3,5H2/b;;3-2-,5-4+;. The van der Waals surface area contributed by atoms with E-state index in [-0.39, 0.29) is 5.78 Å². The Morgan fingerprint density at radius 2 is 1.85 bits per heavy atom. The number of nitrogens with one attached hydrogen (secondary N) is 1. The van der Waals surface area contributed by atoms with Crippen molar-refractivity contribution in [2.24, 2.45) is 17.2 Å². The van der Waals surface area contributed by atoms with Gasteiger partial charge >= 0.3 is 5.97 Å². The molecule has 11 heteroatoms. The van der Waals surface area contributed by atoms with Crippen molar-refractivity contribution < 1.29 is 19.4 Å². The fraction of sp³-hybridized carbons (Fsp3) is 0.214. The van der Waals surface area contributed by atoms with Crippen LogP contribution in [0.4, 0.5) is 0 Å². The predicted molar refractivity (Wildman–Crippen MR) is 167 cm³/mol. The summed E-state index contributed by atoms with van der Waals surface area (Å²) in [7, 11) is 0. The fourth-order valence-corrected chi connectivity index (χ4v) is 5.12. The van der Waals surface area contributed by atoms with Gasteiger partial charge in [-0.15, -0.1) is 11.3 Å². The van der Waals surface area contributed by atoms with Crippen molar-refractivity contribution in [3.63, 3.8) is 0 Å². The zero-order chi connectivity index (χ0) is 28.9. The number of rotatable bonds is 3. The first-order valence-corrected chi connectivity index (χ1v) is 14.3. The van der Waals surface area contributed by atoms with Gasteiger partial charge in [0.1, 0.15) is 4.88 Å². The SMILES string of the molecule is C/C=C\C(N)=C/N.CC(=O)c1c[nH]c2cc(Br)ccc12.NC1CCOC1.O=C(O)c1cc2ccc(Br)cc2s1. The number of carbonyl (C=O) groups excluding carboxylic acids is 1. The zero-order valence-corrected chi connectivity index (χ0v) is 25.6. The summed E-state index contributed by atoms with van der Waals surface area (Å²) >= 11 is 8.00. The molecule has 1 unspecified atom stereocenters. The molecule has 2 aromatic heterocycles. The Morgan fingerprint density at radius 3 is 2.36 bits per heavy atom. The summed E-state index contributed by atoms with van der Waals surface area (Å²) in [6.45, 7) is 5.09. The topological polar surface area (TPSA) is 157 Å². The van der Waals surface area contributed by atoms with Crippen LogP contribution in [0.15, 0.2) is 81.7 Å². The molecule has 2 aromatic carbocycles. The van der Waals surface area contributed by atoms with Gasteiger partial charge in [-0.2, -0.15) is 0 Å². The number of hydrogen-bond donors (Lipinski definition) is 5. The molecule has 8 nitrogen and oxygen atoms in total. The van der Waals surface area contributed by atoms with Gasteiger partial charge in [-0.3, -0.25) is 4.79 Å². The first-order valence-electron chi connectivity index (χ1n) is 11.9. The van der Waals surface area contributed by atoms with E-state index in [9.17, 15) is 9.59 Å². The molecular formula is C28H32Br2N4O4S. The van der Waals surface area contributed by atoms with E-state index in [4.69, 9.17) is 27.0 Å². The summed E-state index contributed by atoms with van der Waals surface area (Å²) in [5, 5.41) is 10.7. The van der Waals surface area contributed by atoms with Gasteiger partial charge in [-0.1, -0.05) is 50.1 Å². The third-order valence-electron chi connectivity index (χ3n) is 5.23. The second kappa shape index (κ2) is 16.2. The molecule has 3 heterocycles. The summed E-state index contributed by atoms with van der Waals surface area (Å²) in [5.74, 6) is -0.772. The summed E-state index contributed by atoms with van der Waals surface area (Å²) in [4.78, 5) is 25.3. The van der Waals surface area contributed by atoms with Gasteiger partial charge in [0.15, 0.2) is 5.78 Å². The normalized spacial score (nSPS) is 14.7. The number of thiophene rings is 1. The van der Waals surface area contributed by atoms with Crippen LogP contribution in [0, 0.1) is 0 Å². The molecule has 0 aliphatic carbocycles. The van der Waals surface area contributed by atoms with Gasteiger partial charge in [0.2, 0.25) is 0 Å². The maximum absolute atomic E-state index is 11.2. The van der Waals surface area contributed by atoms with Gasteiger partial charge in [0.25, 0.3) is 0 Å². The molecular weight excluding hydrogens is 648 g/mol. The van der Waals surface area contributed by atoms with E-state index < -0.39 is 5.97 Å². The fourth-order valence-electron chi connectivity index (χ4n) is 3.30. The Balaban J connectivity index is 0.000000193. The Kier molecular flexibility index (Phi) is 13.4. The van der Waals surface area contributed by atoms with Crippen molar-refractivity contribution in [3.8, 4) is 0 Å². The number of carbonyl (C=O) groups is 2. The van der Waals surface area contributed by atoms with Crippen molar-refractivity contribution in [3.05, 3.63) is 92.1 Å². The highest BCUT2D eigenvalue weighted by atomic mass is 79.9. The number of aromatic carboxylic acids is 1. The number of allylic oxidation sites excluding steroid dienone is 2. The van der Waals surface area contributed by atoms with Crippen LogP contribution in [-0.4, -0.2) is 41.1 Å². The van der Waals surface area contributed by atoms with Gasteiger partial charge in [0.05, 0.1) is 6.61 Å². The molecule has 0 radical (unpaired) electrons. The molecule has 0 amide bonds. The number of carboxylic acid groups (broad SMARTS) is 1. The number of benzene rings is 2. The zero-order valence-electron chi connectivity index (χ0n) is 21.6. The van der Waals surface area contributed by atoms with Crippen molar-refractivity contribution in [1.29, 1.82) is 0 Å². The molecule has 208 valence electrons. The van der Waals surface area contributed by atoms with Crippen LogP contribution < -0.4 is 17.2 Å². The highest BCUT2D eigenvalue weighted by Crippen LogP contribution is 2.28. The van der Waals surface area contributed by atoms with Crippen LogP contribution in [0.2, 0.25) is 0 Å². The van der Waals surface area contributed by atoms with Crippen molar-refractivity contribution in [2.45, 2.75) is 26.3 Å². The monoisotopic (exact) mass is 678 g/mol. The van der Waals surface area contributed by atoms with Gasteiger partial charge < -0.3 is 32.0 Å². The molecule has 0 saturated carbocycles. The first kappa shape index (κ1) is 32.3. The largest absolute Gasteiger partial charge is 0.477 e. The summed E-state index contributed by atoms with van der Waals surface area (Å²) in [5.41, 5.74) is 18.0. The lowest BCUT2D eigenvalue weighted by Gasteiger charge is -1.93. The van der Waals surface area contributed by atoms with Crippen molar-refractivity contribution >= 4 is 75.9 Å². The molecule has 1 atom stereocenters. The first-order chi connectivity index (χ1) is 18.5. The maximum atomic E-state index is 11.2. The quantitative estimate of drug-likeness (QED) is 0.121. The summed E-state index contributed by atoms with van der Waals surface area (Å²) in [6, 6.07) is 13.6. The predicted octanol–water partition coefficient (Wildman–Crippen LogP) is 6.55. The molecule has 8 N–H and O–H groups in total. The van der Waals surface area contributed by atoms with Crippen LogP contribution in [-0.2, 0) is 4.74 Å². The molecule has 5 rings (SSSR count). The number of Topliss-reactive ketones (excluding diaryl/α,β-unsaturated/α-hetero) is 1. The minimum atomic E-state index is -0.864. The molecule has 1 aliphatic heterocycles. The smallest absolute Gasteiger partial charge is 0.345 e. The molecule has 1 fully saturated rings. The van der Waals surface area contributed by atoms with E-state index >= 15 is 0 Å². The minimum Gasteiger partial charge on any atom is -0.477 e. The molecule has 4 aromatic rings. The Labute approximate surface area is 248 Å². The lowest BCUT2D eigenvalue weighted by atomic mass is 10.1. The van der Waals surface area contributed by atoms with Crippen LogP contribution in [0.3, 0.4) is 0 Å². The number of fused-ring (bicyclic) bond motifs is 2. The van der Waals surface area contributed by atoms with Crippen LogP contribution in [0.1, 0.15) is 40.3 Å². The summed E-state index contributed by atoms with van der Waals surface area (Å²) < 4.78 is 7.91. The number of aromatic amines is 1. The average molecular weight is 680 g/mol. The average Bonchev–Trinajstić information content (AvgIpc) is 3.64. The second-order valence-corrected chi connectivity index (χ2v) is 11.3. The Hall–Kier alpha value is -2.96. The van der Waals surface area contributed by atoms with Crippen molar-refractivity contribution in [2.75, 3.05) is 13.2 Å². The highest BCUT2D eigenvalue weighted by molar-refractivity contribution is 9.10. The van der Waals surface area contributed by atoms with E-state index in [0.717, 1.165) is 55.1 Å². The molecule has 1 saturated heterocycles.